The molecule has 1 unspecified atom stereocenters. The van der Waals surface area contributed by atoms with Crippen LogP contribution in [0, 0.1) is 11.7 Å². The highest BCUT2D eigenvalue weighted by molar-refractivity contribution is 5.79. The number of nitrogens with zero attached hydrogens (tertiary/aromatic N) is 2. The minimum absolute atomic E-state index is 0.0406. The predicted molar refractivity (Wildman–Crippen MR) is 80.4 cm³/mol. The van der Waals surface area contributed by atoms with E-state index in [1.807, 2.05) is 4.90 Å². The molecule has 1 saturated heterocycles. The third kappa shape index (κ3) is 3.43. The molecule has 0 spiro atoms. The van der Waals surface area contributed by atoms with Crippen molar-refractivity contribution in [2.24, 2.45) is 5.92 Å². The normalized spacial score (nSPS) is 21.3. The zero-order valence-corrected chi connectivity index (χ0v) is 12.6. The molecular weight excluding hydrogens is 267 g/mol. The Morgan fingerprint density at radius 2 is 1.90 bits per heavy atom. The molecule has 3 nitrogen and oxygen atoms in total. The summed E-state index contributed by atoms with van der Waals surface area (Å²) in [6.45, 7) is 5.73. The van der Waals surface area contributed by atoms with Crippen molar-refractivity contribution in [2.75, 3.05) is 26.2 Å². The maximum atomic E-state index is 13.6. The molecule has 4 heteroatoms. The minimum Gasteiger partial charge on any atom is -0.340 e. The highest BCUT2D eigenvalue weighted by Crippen LogP contribution is 2.35. The second kappa shape index (κ2) is 6.14. The average molecular weight is 290 g/mol. The zero-order valence-electron chi connectivity index (χ0n) is 12.6. The smallest absolute Gasteiger partial charge is 0.227 e. The Morgan fingerprint density at radius 3 is 2.52 bits per heavy atom. The Bertz CT molecular complexity index is 507. The Kier molecular flexibility index (Phi) is 4.24. The molecule has 114 valence electrons. The number of carbonyl (C=O) groups excluding carboxylic acids is 1. The molecule has 1 aromatic carbocycles. The molecule has 1 atom stereocenters. The molecular formula is C17H23FN2O. The first-order chi connectivity index (χ1) is 10.1. The monoisotopic (exact) mass is 290 g/mol. The van der Waals surface area contributed by atoms with Gasteiger partial charge >= 0.3 is 0 Å². The third-order valence-electron chi connectivity index (χ3n) is 4.85. The van der Waals surface area contributed by atoms with Crippen LogP contribution < -0.4 is 0 Å². The van der Waals surface area contributed by atoms with E-state index in [-0.39, 0.29) is 18.1 Å². The van der Waals surface area contributed by atoms with Gasteiger partial charge in [-0.1, -0.05) is 18.2 Å². The van der Waals surface area contributed by atoms with Gasteiger partial charge in [-0.3, -0.25) is 9.69 Å². The van der Waals surface area contributed by atoms with Crippen LogP contribution in [-0.2, 0) is 11.2 Å². The first-order valence-electron chi connectivity index (χ1n) is 7.90. The van der Waals surface area contributed by atoms with E-state index in [0.29, 0.717) is 11.6 Å². The fraction of sp³-hybridized carbons (Fsp3) is 0.588. The van der Waals surface area contributed by atoms with E-state index in [1.165, 1.54) is 18.9 Å². The van der Waals surface area contributed by atoms with Crippen LogP contribution in [0.2, 0.25) is 0 Å². The Morgan fingerprint density at radius 1 is 1.24 bits per heavy atom. The lowest BCUT2D eigenvalue weighted by molar-refractivity contribution is -0.132. The van der Waals surface area contributed by atoms with Crippen molar-refractivity contribution in [1.29, 1.82) is 0 Å². The number of halogens is 1. The van der Waals surface area contributed by atoms with E-state index in [0.717, 1.165) is 32.1 Å². The van der Waals surface area contributed by atoms with Crippen LogP contribution in [0.15, 0.2) is 24.3 Å². The van der Waals surface area contributed by atoms with E-state index >= 15 is 0 Å². The molecule has 2 fully saturated rings. The van der Waals surface area contributed by atoms with E-state index in [9.17, 15) is 9.18 Å². The highest BCUT2D eigenvalue weighted by Gasteiger charge is 2.33. The van der Waals surface area contributed by atoms with E-state index in [1.54, 1.807) is 18.2 Å². The lowest BCUT2D eigenvalue weighted by Gasteiger charge is -2.38. The number of amides is 1. The van der Waals surface area contributed by atoms with E-state index in [2.05, 4.69) is 11.8 Å². The molecule has 1 saturated carbocycles. The second-order valence-electron chi connectivity index (χ2n) is 6.26. The van der Waals surface area contributed by atoms with Crippen LogP contribution in [-0.4, -0.2) is 47.9 Å². The van der Waals surface area contributed by atoms with Gasteiger partial charge in [0.05, 0.1) is 6.42 Å². The molecule has 0 bridgehead atoms. The standard InChI is InChI=1S/C17H23FN2O/c1-13(14-6-7-14)19-8-10-20(11-9-19)17(21)12-15-4-2-3-5-16(15)18/h2-5,13-14H,6-12H2,1H3. The Balaban J connectivity index is 1.52. The van der Waals surface area contributed by atoms with Crippen LogP contribution in [0.5, 0.6) is 0 Å². The van der Waals surface area contributed by atoms with Gasteiger partial charge in [-0.05, 0) is 37.3 Å². The maximum Gasteiger partial charge on any atom is 0.227 e. The number of hydrogen-bond acceptors (Lipinski definition) is 2. The van der Waals surface area contributed by atoms with Gasteiger partial charge in [-0.2, -0.15) is 0 Å². The van der Waals surface area contributed by atoms with Crippen molar-refractivity contribution in [1.82, 2.24) is 9.80 Å². The largest absolute Gasteiger partial charge is 0.340 e. The molecule has 0 aromatic heterocycles. The van der Waals surface area contributed by atoms with Crippen LogP contribution >= 0.6 is 0 Å². The van der Waals surface area contributed by atoms with Gasteiger partial charge in [0.2, 0.25) is 5.91 Å². The third-order valence-corrected chi connectivity index (χ3v) is 4.85. The molecule has 3 rings (SSSR count). The quantitative estimate of drug-likeness (QED) is 0.849. The summed E-state index contributed by atoms with van der Waals surface area (Å²) in [5.41, 5.74) is 0.497. The molecule has 21 heavy (non-hydrogen) atoms. The summed E-state index contributed by atoms with van der Waals surface area (Å²) >= 11 is 0. The molecule has 1 aliphatic heterocycles. The summed E-state index contributed by atoms with van der Waals surface area (Å²) in [7, 11) is 0. The van der Waals surface area contributed by atoms with Crippen LogP contribution in [0.1, 0.15) is 25.3 Å². The molecule has 1 amide bonds. The van der Waals surface area contributed by atoms with Crippen molar-refractivity contribution in [3.05, 3.63) is 35.6 Å². The maximum absolute atomic E-state index is 13.6. The fourth-order valence-corrected chi connectivity index (χ4v) is 3.17. The zero-order chi connectivity index (χ0) is 14.8. The SMILES string of the molecule is CC(C1CC1)N1CCN(C(=O)Cc2ccccc2F)CC1. The number of carbonyl (C=O) groups is 1. The van der Waals surface area contributed by atoms with Crippen molar-refractivity contribution in [3.8, 4) is 0 Å². The summed E-state index contributed by atoms with van der Waals surface area (Å²) < 4.78 is 13.6. The topological polar surface area (TPSA) is 23.6 Å². The fourth-order valence-electron chi connectivity index (χ4n) is 3.17. The molecule has 1 aliphatic carbocycles. The van der Waals surface area contributed by atoms with Gasteiger partial charge in [0.25, 0.3) is 0 Å². The Labute approximate surface area is 125 Å². The van der Waals surface area contributed by atoms with Crippen LogP contribution in [0.4, 0.5) is 4.39 Å². The second-order valence-corrected chi connectivity index (χ2v) is 6.26. The lowest BCUT2D eigenvalue weighted by atomic mass is 10.1. The predicted octanol–water partition coefficient (Wildman–Crippen LogP) is 2.31. The summed E-state index contributed by atoms with van der Waals surface area (Å²) in [4.78, 5) is 16.7. The summed E-state index contributed by atoms with van der Waals surface area (Å²) in [5, 5.41) is 0. The van der Waals surface area contributed by atoms with Gasteiger partial charge < -0.3 is 4.90 Å². The molecule has 1 heterocycles. The van der Waals surface area contributed by atoms with Crippen LogP contribution in [0.25, 0.3) is 0 Å². The molecule has 2 aliphatic rings. The number of rotatable bonds is 4. The first kappa shape index (κ1) is 14.5. The van der Waals surface area contributed by atoms with Gasteiger partial charge in [0, 0.05) is 32.2 Å². The number of piperazine rings is 1. The summed E-state index contributed by atoms with van der Waals surface area (Å²) in [5.74, 6) is 0.622. The Hall–Kier alpha value is -1.42. The van der Waals surface area contributed by atoms with Gasteiger partial charge in [0.15, 0.2) is 0 Å². The average Bonchev–Trinajstić information content (AvgIpc) is 3.34. The van der Waals surface area contributed by atoms with E-state index in [4.69, 9.17) is 0 Å². The first-order valence-corrected chi connectivity index (χ1v) is 7.90. The summed E-state index contributed by atoms with van der Waals surface area (Å²) in [6, 6.07) is 7.19. The minimum atomic E-state index is -0.285. The van der Waals surface area contributed by atoms with Crippen molar-refractivity contribution in [3.63, 3.8) is 0 Å². The molecule has 0 N–H and O–H groups in total. The molecule has 0 radical (unpaired) electrons. The van der Waals surface area contributed by atoms with E-state index < -0.39 is 0 Å². The highest BCUT2D eigenvalue weighted by atomic mass is 19.1. The van der Waals surface area contributed by atoms with Gasteiger partial charge in [-0.15, -0.1) is 0 Å². The van der Waals surface area contributed by atoms with Crippen molar-refractivity contribution < 1.29 is 9.18 Å². The van der Waals surface area contributed by atoms with Gasteiger partial charge in [-0.25, -0.2) is 4.39 Å². The number of benzene rings is 1. The molecule has 1 aromatic rings. The van der Waals surface area contributed by atoms with Gasteiger partial charge in [0.1, 0.15) is 5.82 Å². The van der Waals surface area contributed by atoms with Crippen LogP contribution in [0.3, 0.4) is 0 Å². The van der Waals surface area contributed by atoms with Crippen molar-refractivity contribution >= 4 is 5.91 Å². The lowest BCUT2D eigenvalue weighted by Crippen LogP contribution is -2.52. The summed E-state index contributed by atoms with van der Waals surface area (Å²) in [6.07, 6.45) is 2.88. The number of hydrogen-bond donors (Lipinski definition) is 0. The van der Waals surface area contributed by atoms with Crippen molar-refractivity contribution in [2.45, 2.75) is 32.2 Å².